The van der Waals surface area contributed by atoms with Gasteiger partial charge in [0, 0.05) is 13.6 Å². The quantitative estimate of drug-likeness (QED) is 0.242. The minimum atomic E-state index is 0.383. The summed E-state index contributed by atoms with van der Waals surface area (Å²) in [5.41, 5.74) is 2.65. The van der Waals surface area contributed by atoms with Crippen molar-refractivity contribution in [3.63, 3.8) is 0 Å². The van der Waals surface area contributed by atoms with E-state index in [4.69, 9.17) is 10.6 Å². The molecule has 0 spiro atoms. The van der Waals surface area contributed by atoms with Gasteiger partial charge in [-0.25, -0.2) is 5.84 Å². The van der Waals surface area contributed by atoms with Crippen molar-refractivity contribution < 1.29 is 4.74 Å². The molecule has 0 aromatic rings. The number of nitrogens with zero attached hydrogens (tertiary/aromatic N) is 2. The molecule has 14 heavy (non-hydrogen) atoms. The second kappa shape index (κ2) is 4.14. The van der Waals surface area contributed by atoms with Crippen molar-refractivity contribution in [2.45, 2.75) is 31.4 Å². The molecular weight excluding hydrogens is 180 g/mol. The summed E-state index contributed by atoms with van der Waals surface area (Å²) in [7, 11) is 1.76. The number of hydrazine groups is 1. The van der Waals surface area contributed by atoms with Crippen LogP contribution in [0, 0.1) is 0 Å². The van der Waals surface area contributed by atoms with E-state index in [-0.39, 0.29) is 0 Å². The third-order valence-corrected chi connectivity index (χ3v) is 3.10. The highest BCUT2D eigenvalue weighted by molar-refractivity contribution is 5.79. The molecule has 0 aromatic carbocycles. The Kier molecular flexibility index (Phi) is 2.88. The number of fused-ring (bicyclic) bond motifs is 1. The van der Waals surface area contributed by atoms with Gasteiger partial charge in [-0.15, -0.1) is 0 Å². The van der Waals surface area contributed by atoms with Crippen LogP contribution in [0.1, 0.15) is 19.3 Å². The lowest BCUT2D eigenvalue weighted by molar-refractivity contribution is -0.0305. The average Bonchev–Trinajstić information content (AvgIpc) is 2.68. The van der Waals surface area contributed by atoms with Crippen LogP contribution in [0.5, 0.6) is 0 Å². The fraction of sp³-hybridized carbons (Fsp3) is 0.889. The van der Waals surface area contributed by atoms with Crippen LogP contribution in [-0.2, 0) is 4.74 Å². The molecule has 0 aromatic heterocycles. The van der Waals surface area contributed by atoms with Crippen LogP contribution in [0.25, 0.3) is 0 Å². The van der Waals surface area contributed by atoms with Crippen molar-refractivity contribution in [2.75, 3.05) is 20.2 Å². The average molecular weight is 198 g/mol. The molecule has 0 bridgehead atoms. The monoisotopic (exact) mass is 198 g/mol. The van der Waals surface area contributed by atoms with Crippen molar-refractivity contribution in [3.05, 3.63) is 0 Å². The third-order valence-electron chi connectivity index (χ3n) is 3.10. The molecular formula is C9H18N4O. The second-order valence-corrected chi connectivity index (χ2v) is 3.79. The van der Waals surface area contributed by atoms with Crippen LogP contribution in [0.2, 0.25) is 0 Å². The van der Waals surface area contributed by atoms with Gasteiger partial charge in [0.15, 0.2) is 0 Å². The van der Waals surface area contributed by atoms with Crippen LogP contribution >= 0.6 is 0 Å². The minimum Gasteiger partial charge on any atom is -0.374 e. The van der Waals surface area contributed by atoms with Gasteiger partial charge >= 0.3 is 0 Å². The Morgan fingerprint density at radius 3 is 3.14 bits per heavy atom. The van der Waals surface area contributed by atoms with Gasteiger partial charge in [0.05, 0.1) is 18.8 Å². The number of rotatable bonds is 0. The van der Waals surface area contributed by atoms with Crippen LogP contribution in [0.3, 0.4) is 0 Å². The lowest BCUT2D eigenvalue weighted by Crippen LogP contribution is -2.56. The lowest BCUT2D eigenvalue weighted by atomic mass is 10.1. The zero-order valence-electron chi connectivity index (χ0n) is 8.57. The van der Waals surface area contributed by atoms with Crippen molar-refractivity contribution in [1.29, 1.82) is 0 Å². The number of nitrogens with two attached hydrogens (primary N) is 1. The molecule has 2 unspecified atom stereocenters. The number of hydrogen-bond donors (Lipinski definition) is 2. The van der Waals surface area contributed by atoms with E-state index >= 15 is 0 Å². The summed E-state index contributed by atoms with van der Waals surface area (Å²) in [6, 6.07) is 0.471. The first kappa shape index (κ1) is 9.73. The van der Waals surface area contributed by atoms with Gasteiger partial charge in [-0.05, 0) is 19.3 Å². The molecule has 0 amide bonds. The molecule has 1 aliphatic heterocycles. The lowest BCUT2D eigenvalue weighted by Gasteiger charge is -2.39. The minimum absolute atomic E-state index is 0.383. The first-order valence-corrected chi connectivity index (χ1v) is 5.18. The number of morpholine rings is 1. The molecule has 2 aliphatic rings. The summed E-state index contributed by atoms with van der Waals surface area (Å²) < 4.78 is 5.71. The Morgan fingerprint density at radius 2 is 2.43 bits per heavy atom. The van der Waals surface area contributed by atoms with Gasteiger partial charge < -0.3 is 9.64 Å². The van der Waals surface area contributed by atoms with Crippen LogP contribution in [0.15, 0.2) is 4.99 Å². The maximum absolute atomic E-state index is 5.71. The van der Waals surface area contributed by atoms with Crippen LogP contribution in [0.4, 0.5) is 0 Å². The third kappa shape index (κ3) is 1.57. The van der Waals surface area contributed by atoms with E-state index in [0.29, 0.717) is 12.1 Å². The van der Waals surface area contributed by atoms with Gasteiger partial charge in [-0.1, -0.05) is 0 Å². The summed E-state index contributed by atoms with van der Waals surface area (Å²) >= 11 is 0. The summed E-state index contributed by atoms with van der Waals surface area (Å²) in [5, 5.41) is 0. The van der Waals surface area contributed by atoms with E-state index in [0.717, 1.165) is 19.1 Å². The Bertz CT molecular complexity index is 231. The molecule has 5 nitrogen and oxygen atoms in total. The highest BCUT2D eigenvalue weighted by atomic mass is 16.5. The Morgan fingerprint density at radius 1 is 1.57 bits per heavy atom. The van der Waals surface area contributed by atoms with E-state index in [1.54, 1.807) is 7.05 Å². The van der Waals surface area contributed by atoms with Gasteiger partial charge in [0.1, 0.15) is 0 Å². The normalized spacial score (nSPS) is 33.0. The van der Waals surface area contributed by atoms with Gasteiger partial charge in [0.2, 0.25) is 5.96 Å². The molecule has 5 heteroatoms. The van der Waals surface area contributed by atoms with E-state index in [1.165, 1.54) is 19.3 Å². The number of aliphatic imine (C=N–C) groups is 1. The van der Waals surface area contributed by atoms with E-state index in [1.807, 2.05) is 0 Å². The molecule has 2 atom stereocenters. The van der Waals surface area contributed by atoms with Gasteiger partial charge in [0.25, 0.3) is 0 Å². The Labute approximate surface area is 84.3 Å². The highest BCUT2D eigenvalue weighted by Gasteiger charge is 2.37. The molecule has 80 valence electrons. The molecule has 3 N–H and O–H groups in total. The summed E-state index contributed by atoms with van der Waals surface area (Å²) in [4.78, 5) is 6.38. The largest absolute Gasteiger partial charge is 0.374 e. The Balaban J connectivity index is 2.09. The molecule has 1 heterocycles. The predicted molar refractivity (Wildman–Crippen MR) is 54.8 cm³/mol. The standard InChI is InChI=1S/C9H18N4O/c1-11-9(12-10)13-5-6-14-8-4-2-3-7(8)13/h7-8H,2-6,10H2,1H3,(H,11,12). The van der Waals surface area contributed by atoms with Crippen molar-refractivity contribution in [3.8, 4) is 0 Å². The summed E-state index contributed by atoms with van der Waals surface area (Å²) in [6.45, 7) is 1.67. The van der Waals surface area contributed by atoms with Crippen LogP contribution in [-0.4, -0.2) is 43.2 Å². The van der Waals surface area contributed by atoms with E-state index in [2.05, 4.69) is 15.3 Å². The second-order valence-electron chi connectivity index (χ2n) is 3.79. The number of nitrogens with one attached hydrogen (secondary N) is 1. The summed E-state index contributed by atoms with van der Waals surface area (Å²) in [6.07, 6.45) is 3.98. The Hall–Kier alpha value is -0.810. The number of guanidine groups is 1. The molecule has 1 aliphatic carbocycles. The highest BCUT2D eigenvalue weighted by Crippen LogP contribution is 2.29. The number of hydrogen-bond acceptors (Lipinski definition) is 3. The van der Waals surface area contributed by atoms with E-state index in [9.17, 15) is 0 Å². The molecule has 2 rings (SSSR count). The van der Waals surface area contributed by atoms with Crippen LogP contribution < -0.4 is 11.3 Å². The fourth-order valence-corrected chi connectivity index (χ4v) is 2.46. The first-order chi connectivity index (χ1) is 6.86. The topological polar surface area (TPSA) is 62.9 Å². The van der Waals surface area contributed by atoms with Crippen molar-refractivity contribution in [2.24, 2.45) is 10.8 Å². The molecule has 1 saturated heterocycles. The zero-order valence-corrected chi connectivity index (χ0v) is 8.57. The zero-order chi connectivity index (χ0) is 9.97. The molecule has 2 fully saturated rings. The SMILES string of the molecule is CN=C(NN)N1CCOC2CCCC21. The summed E-state index contributed by atoms with van der Waals surface area (Å²) in [5.74, 6) is 6.22. The van der Waals surface area contributed by atoms with Crippen molar-refractivity contribution in [1.82, 2.24) is 10.3 Å². The predicted octanol–water partition coefficient (Wildman–Crippen LogP) is -0.311. The maximum Gasteiger partial charge on any atom is 0.208 e. The molecule has 1 saturated carbocycles. The fourth-order valence-electron chi connectivity index (χ4n) is 2.46. The molecule has 0 radical (unpaired) electrons. The van der Waals surface area contributed by atoms with E-state index < -0.39 is 0 Å². The van der Waals surface area contributed by atoms with Crippen molar-refractivity contribution >= 4 is 5.96 Å². The van der Waals surface area contributed by atoms with Gasteiger partial charge in [-0.3, -0.25) is 10.4 Å². The smallest absolute Gasteiger partial charge is 0.208 e. The first-order valence-electron chi connectivity index (χ1n) is 5.18. The number of ether oxygens (including phenoxy) is 1. The maximum atomic E-state index is 5.71. The van der Waals surface area contributed by atoms with Gasteiger partial charge in [-0.2, -0.15) is 0 Å².